The van der Waals surface area contributed by atoms with Gasteiger partial charge in [0.1, 0.15) is 0 Å². The molecule has 0 nitrogen and oxygen atoms in total. The summed E-state index contributed by atoms with van der Waals surface area (Å²) in [6.07, 6.45) is 15.0. The molecule has 10 rings (SSSR count). The molecule has 1 unspecified atom stereocenters. The molecule has 7 aromatic carbocycles. The first-order valence-electron chi connectivity index (χ1n) is 23.9. The van der Waals surface area contributed by atoms with E-state index in [0.29, 0.717) is 5.92 Å². The van der Waals surface area contributed by atoms with Crippen LogP contribution in [0, 0.1) is 11.3 Å². The van der Waals surface area contributed by atoms with E-state index >= 15 is 0 Å². The third-order valence-corrected chi connectivity index (χ3v) is 15.5. The van der Waals surface area contributed by atoms with Crippen LogP contribution in [0.25, 0.3) is 61.2 Å². The summed E-state index contributed by atoms with van der Waals surface area (Å²) in [5, 5.41) is 0. The van der Waals surface area contributed by atoms with Gasteiger partial charge in [0, 0.05) is 10.8 Å². The molecule has 0 aliphatic heterocycles. The number of hydrogen-bond donors (Lipinski definition) is 0. The SMILES string of the molecule is CC/C1=C(\C=C/Cc2cc(-c3ccccc3)cc(-c3ccc4c(c3)C(C)(C)c3ccccc3-4)c2)C/C=C\C(c2ccc3c(c2)C(C)(C)c2cc(-c4ccccc4)ccc2-3)=C/C(C)C1(C)C. The molecule has 1 atom stereocenters. The fourth-order valence-corrected chi connectivity index (χ4v) is 11.4. The van der Waals surface area contributed by atoms with Crippen molar-refractivity contribution >= 4 is 5.57 Å². The highest BCUT2D eigenvalue weighted by Gasteiger charge is 2.37. The molecule has 0 heterocycles. The van der Waals surface area contributed by atoms with E-state index in [2.05, 4.69) is 243 Å². The highest BCUT2D eigenvalue weighted by atomic mass is 14.4. The maximum atomic E-state index is 2.54. The van der Waals surface area contributed by atoms with Gasteiger partial charge >= 0.3 is 0 Å². The number of allylic oxidation sites excluding steroid dienone is 8. The van der Waals surface area contributed by atoms with Gasteiger partial charge in [-0.3, -0.25) is 0 Å². The molecule has 0 bridgehead atoms. The lowest BCUT2D eigenvalue weighted by Gasteiger charge is -2.34. The van der Waals surface area contributed by atoms with Crippen molar-refractivity contribution < 1.29 is 0 Å². The Balaban J connectivity index is 0.944. The van der Waals surface area contributed by atoms with Crippen LogP contribution in [0.5, 0.6) is 0 Å². The first-order valence-corrected chi connectivity index (χ1v) is 23.9. The van der Waals surface area contributed by atoms with Crippen molar-refractivity contribution in [3.05, 3.63) is 233 Å². The van der Waals surface area contributed by atoms with Gasteiger partial charge < -0.3 is 0 Å². The van der Waals surface area contributed by atoms with Crippen LogP contribution in [0.15, 0.2) is 199 Å². The normalized spacial score (nSPS) is 20.1. The Labute approximate surface area is 388 Å². The van der Waals surface area contributed by atoms with Crippen molar-refractivity contribution in [2.75, 3.05) is 0 Å². The van der Waals surface area contributed by atoms with Gasteiger partial charge in [-0.05, 0) is 155 Å². The molecule has 0 amide bonds. The second-order valence-electron chi connectivity index (χ2n) is 20.4. The highest BCUT2D eigenvalue weighted by molar-refractivity contribution is 5.87. The van der Waals surface area contributed by atoms with Crippen LogP contribution in [-0.2, 0) is 17.3 Å². The van der Waals surface area contributed by atoms with E-state index < -0.39 is 0 Å². The average Bonchev–Trinajstić information content (AvgIpc) is 3.71. The fourth-order valence-electron chi connectivity index (χ4n) is 11.4. The van der Waals surface area contributed by atoms with Crippen LogP contribution in [-0.4, -0.2) is 0 Å². The Morgan fingerprint density at radius 3 is 1.60 bits per heavy atom. The van der Waals surface area contributed by atoms with E-state index in [0.717, 1.165) is 19.3 Å². The summed E-state index contributed by atoms with van der Waals surface area (Å²) in [7, 11) is 0. The van der Waals surface area contributed by atoms with Crippen LogP contribution in [0.4, 0.5) is 0 Å². The van der Waals surface area contributed by atoms with E-state index in [1.54, 1.807) is 5.57 Å². The van der Waals surface area contributed by atoms with E-state index in [1.807, 2.05) is 0 Å². The summed E-state index contributed by atoms with van der Waals surface area (Å²) >= 11 is 0. The lowest BCUT2D eigenvalue weighted by Crippen LogP contribution is -2.24. The Hall–Kier alpha value is -6.50. The van der Waals surface area contributed by atoms with Crippen molar-refractivity contribution in [1.29, 1.82) is 0 Å². The van der Waals surface area contributed by atoms with E-state index in [9.17, 15) is 0 Å². The predicted octanol–water partition coefficient (Wildman–Crippen LogP) is 17.8. The van der Waals surface area contributed by atoms with Crippen molar-refractivity contribution in [3.63, 3.8) is 0 Å². The predicted molar refractivity (Wildman–Crippen MR) is 279 cm³/mol. The number of fused-ring (bicyclic) bond motifs is 6. The topological polar surface area (TPSA) is 0 Å². The minimum Gasteiger partial charge on any atom is -0.0798 e. The molecule has 7 aromatic rings. The summed E-state index contributed by atoms with van der Waals surface area (Å²) in [4.78, 5) is 0. The third-order valence-electron chi connectivity index (χ3n) is 15.5. The molecule has 0 radical (unpaired) electrons. The van der Waals surface area contributed by atoms with Crippen LogP contribution in [0.2, 0.25) is 0 Å². The van der Waals surface area contributed by atoms with Gasteiger partial charge in [0.2, 0.25) is 0 Å². The van der Waals surface area contributed by atoms with Crippen molar-refractivity contribution in [1.82, 2.24) is 0 Å². The molecule has 0 spiro atoms. The van der Waals surface area contributed by atoms with E-state index in [-0.39, 0.29) is 16.2 Å². The minimum atomic E-state index is -0.0972. The summed E-state index contributed by atoms with van der Waals surface area (Å²) in [6, 6.07) is 59.2. The maximum Gasteiger partial charge on any atom is 0.0159 e. The number of hydrogen-bond acceptors (Lipinski definition) is 0. The Morgan fingerprint density at radius 2 is 0.985 bits per heavy atom. The summed E-state index contributed by atoms with van der Waals surface area (Å²) in [5.41, 5.74) is 25.5. The molecule has 0 aromatic heterocycles. The lowest BCUT2D eigenvalue weighted by molar-refractivity contribution is 0.332. The van der Waals surface area contributed by atoms with Crippen LogP contribution in [0.3, 0.4) is 0 Å². The molecule has 3 aliphatic rings. The molecule has 322 valence electrons. The molecule has 0 N–H and O–H groups in total. The molecular formula is C65H62. The van der Waals surface area contributed by atoms with Gasteiger partial charge in [-0.2, -0.15) is 0 Å². The minimum absolute atomic E-state index is 0.0207. The van der Waals surface area contributed by atoms with Gasteiger partial charge in [0.15, 0.2) is 0 Å². The lowest BCUT2D eigenvalue weighted by atomic mass is 9.70. The van der Waals surface area contributed by atoms with Crippen molar-refractivity contribution in [2.24, 2.45) is 11.3 Å². The first-order chi connectivity index (χ1) is 31.3. The van der Waals surface area contributed by atoms with Gasteiger partial charge in [-0.15, -0.1) is 0 Å². The summed E-state index contributed by atoms with van der Waals surface area (Å²) in [5.74, 6) is 0.334. The zero-order valence-corrected chi connectivity index (χ0v) is 39.6. The van der Waals surface area contributed by atoms with Gasteiger partial charge in [0.05, 0.1) is 0 Å². The molecule has 0 saturated carbocycles. The van der Waals surface area contributed by atoms with E-state index in [1.165, 1.54) is 100 Å². The summed E-state index contributed by atoms with van der Waals surface area (Å²) in [6.45, 7) is 19.2. The highest BCUT2D eigenvalue weighted by Crippen LogP contribution is 2.52. The summed E-state index contributed by atoms with van der Waals surface area (Å²) < 4.78 is 0. The smallest absolute Gasteiger partial charge is 0.0159 e. The van der Waals surface area contributed by atoms with Crippen molar-refractivity contribution in [3.8, 4) is 55.6 Å². The van der Waals surface area contributed by atoms with Crippen molar-refractivity contribution in [2.45, 2.75) is 85.5 Å². The first kappa shape index (κ1) is 42.5. The second-order valence-corrected chi connectivity index (χ2v) is 20.4. The molecule has 0 saturated heterocycles. The van der Waals surface area contributed by atoms with Crippen LogP contribution >= 0.6 is 0 Å². The largest absolute Gasteiger partial charge is 0.0798 e. The Morgan fingerprint density at radius 1 is 0.492 bits per heavy atom. The Kier molecular flexibility index (Phi) is 10.8. The molecule has 0 fully saturated rings. The number of rotatable bonds is 8. The molecule has 3 aliphatic carbocycles. The van der Waals surface area contributed by atoms with Gasteiger partial charge in [-0.25, -0.2) is 0 Å². The number of benzene rings is 7. The zero-order chi connectivity index (χ0) is 45.1. The van der Waals surface area contributed by atoms with Gasteiger partial charge in [-0.1, -0.05) is 225 Å². The standard InChI is InChI=1S/C65H62/c1-9-58-47(25-18-20-44-37-52(46-23-14-11-15-24-46)39-53(38-44)51-32-35-55-54-28-16-17-29-59(54)64(5,6)60(55)42-51)26-19-27-48(36-43(2)63(58,3)4)50-31-34-57-56-33-30-49(45-21-12-10-13-22-45)40-61(56)65(7,8)62(57)41-50/h10-19,21-25,27-43H,9,20,26H2,1-8H3/b25-18-,27-19-,48-36+,58-47-. The van der Waals surface area contributed by atoms with Gasteiger partial charge in [0.25, 0.3) is 0 Å². The molecular weight excluding hydrogens is 781 g/mol. The molecule has 0 heteroatoms. The zero-order valence-electron chi connectivity index (χ0n) is 39.6. The third kappa shape index (κ3) is 7.52. The second kappa shape index (κ2) is 16.5. The van der Waals surface area contributed by atoms with Crippen LogP contribution in [0.1, 0.15) is 102 Å². The monoisotopic (exact) mass is 842 g/mol. The average molecular weight is 843 g/mol. The fraction of sp³-hybridized carbons (Fsp3) is 0.231. The molecule has 65 heavy (non-hydrogen) atoms. The maximum absolute atomic E-state index is 2.54. The Bertz CT molecular complexity index is 3080. The van der Waals surface area contributed by atoms with E-state index in [4.69, 9.17) is 0 Å². The quantitative estimate of drug-likeness (QED) is 0.143. The van der Waals surface area contributed by atoms with Crippen LogP contribution < -0.4 is 0 Å².